The summed E-state index contributed by atoms with van der Waals surface area (Å²) in [6.45, 7) is 0. The lowest BCUT2D eigenvalue weighted by molar-refractivity contribution is -0.266. The normalized spacial score (nSPS) is 12.0. The fraction of sp³-hybridized carbons (Fsp3) is 1.00. The highest BCUT2D eigenvalue weighted by molar-refractivity contribution is 9.09. The average molecular weight is 267 g/mol. The van der Waals surface area contributed by atoms with E-state index < -0.39 is 6.36 Å². The second kappa shape index (κ2) is 7.03. The van der Waals surface area contributed by atoms with Crippen molar-refractivity contribution >= 4 is 28.0 Å². The van der Waals surface area contributed by atoms with Gasteiger partial charge in [0.05, 0.1) is 0 Å². The Morgan fingerprint density at radius 3 is 2.33 bits per heavy atom. The molecule has 1 nitrogen and oxygen atoms in total. The fourth-order valence-corrected chi connectivity index (χ4v) is 1.48. The largest absolute Gasteiger partial charge is 0.533 e. The summed E-state index contributed by atoms with van der Waals surface area (Å²) in [7, 11) is 0. The van der Waals surface area contributed by atoms with Gasteiger partial charge >= 0.3 is 6.36 Å². The molecule has 0 radical (unpaired) electrons. The predicted octanol–water partition coefficient (Wildman–Crippen LogP) is 3.74. The minimum Gasteiger partial charge on any atom is -0.220 e. The zero-order valence-electron chi connectivity index (χ0n) is 6.36. The zero-order chi connectivity index (χ0) is 9.45. The molecular weight excluding hydrogens is 257 g/mol. The van der Waals surface area contributed by atoms with Crippen LogP contribution in [0.1, 0.15) is 19.3 Å². The van der Waals surface area contributed by atoms with E-state index in [0.29, 0.717) is 17.8 Å². The third-order valence-corrected chi connectivity index (χ3v) is 2.34. The van der Waals surface area contributed by atoms with Crippen molar-refractivity contribution in [1.29, 1.82) is 0 Å². The first-order valence-electron chi connectivity index (χ1n) is 3.49. The van der Waals surface area contributed by atoms with Crippen LogP contribution in [0.3, 0.4) is 0 Å². The molecule has 0 aliphatic rings. The molecule has 0 aromatic heterocycles. The Labute approximate surface area is 82.4 Å². The Balaban J connectivity index is 3.01. The number of hydrogen-bond acceptors (Lipinski definition) is 2. The van der Waals surface area contributed by atoms with Crippen LogP contribution in [0.2, 0.25) is 0 Å². The molecule has 0 bridgehead atoms. The van der Waals surface area contributed by atoms with Crippen molar-refractivity contribution in [3.63, 3.8) is 0 Å². The van der Waals surface area contributed by atoms with E-state index >= 15 is 0 Å². The molecule has 0 aliphatic heterocycles. The van der Waals surface area contributed by atoms with Crippen LogP contribution < -0.4 is 0 Å². The number of hydrogen-bond donors (Lipinski definition) is 0. The maximum Gasteiger partial charge on any atom is 0.533 e. The van der Waals surface area contributed by atoms with Gasteiger partial charge in [0.2, 0.25) is 0 Å². The SMILES string of the molecule is FC(F)(F)OSCCCCCBr. The van der Waals surface area contributed by atoms with E-state index in [4.69, 9.17) is 0 Å². The Morgan fingerprint density at radius 2 is 1.83 bits per heavy atom. The first-order chi connectivity index (χ1) is 5.56. The Kier molecular flexibility index (Phi) is 7.37. The Hall–Kier alpha value is 0.580. The van der Waals surface area contributed by atoms with Gasteiger partial charge in [0.15, 0.2) is 0 Å². The molecule has 0 saturated carbocycles. The second-order valence-electron chi connectivity index (χ2n) is 2.10. The van der Waals surface area contributed by atoms with E-state index in [9.17, 15) is 13.2 Å². The molecule has 0 rings (SSSR count). The van der Waals surface area contributed by atoms with Crippen molar-refractivity contribution < 1.29 is 17.4 Å². The Morgan fingerprint density at radius 1 is 1.17 bits per heavy atom. The molecule has 12 heavy (non-hydrogen) atoms. The lowest BCUT2D eigenvalue weighted by Gasteiger charge is -2.04. The molecule has 6 heteroatoms. The molecule has 0 aromatic rings. The van der Waals surface area contributed by atoms with E-state index in [1.54, 1.807) is 0 Å². The smallest absolute Gasteiger partial charge is 0.220 e. The Bertz CT molecular complexity index is 109. The van der Waals surface area contributed by atoms with Crippen molar-refractivity contribution in [2.75, 3.05) is 11.1 Å². The van der Waals surface area contributed by atoms with Gasteiger partial charge in [-0.1, -0.05) is 22.4 Å². The summed E-state index contributed by atoms with van der Waals surface area (Å²) in [5.41, 5.74) is 0. The van der Waals surface area contributed by atoms with Gasteiger partial charge in [-0.3, -0.25) is 0 Å². The van der Waals surface area contributed by atoms with Gasteiger partial charge in [-0.05, 0) is 12.8 Å². The molecule has 0 heterocycles. The summed E-state index contributed by atoms with van der Waals surface area (Å²) in [5, 5.41) is 0.901. The molecule has 74 valence electrons. The monoisotopic (exact) mass is 266 g/mol. The molecule has 0 atom stereocenters. The predicted molar refractivity (Wildman–Crippen MR) is 47.2 cm³/mol. The minimum absolute atomic E-state index is 0.395. The minimum atomic E-state index is -4.50. The van der Waals surface area contributed by atoms with Crippen LogP contribution in [-0.4, -0.2) is 17.4 Å². The third-order valence-electron chi connectivity index (χ3n) is 1.01. The topological polar surface area (TPSA) is 9.23 Å². The van der Waals surface area contributed by atoms with Gasteiger partial charge in [-0.15, -0.1) is 13.2 Å². The summed E-state index contributed by atoms with van der Waals surface area (Å²) in [6.07, 6.45) is -1.82. The zero-order valence-corrected chi connectivity index (χ0v) is 8.77. The van der Waals surface area contributed by atoms with Crippen molar-refractivity contribution in [2.45, 2.75) is 25.6 Å². The fourth-order valence-electron chi connectivity index (χ4n) is 0.541. The molecule has 0 unspecified atom stereocenters. The second-order valence-corrected chi connectivity index (χ2v) is 3.70. The van der Waals surface area contributed by atoms with Gasteiger partial charge in [-0.25, -0.2) is 4.18 Å². The van der Waals surface area contributed by atoms with Crippen LogP contribution in [0.5, 0.6) is 0 Å². The maximum atomic E-state index is 11.4. The lowest BCUT2D eigenvalue weighted by atomic mass is 10.3. The quantitative estimate of drug-likeness (QED) is 0.412. The maximum absolute atomic E-state index is 11.4. The summed E-state index contributed by atoms with van der Waals surface area (Å²) < 4.78 is 37.7. The highest BCUT2D eigenvalue weighted by atomic mass is 79.9. The summed E-state index contributed by atoms with van der Waals surface area (Å²) >= 11 is 3.70. The van der Waals surface area contributed by atoms with Crippen molar-refractivity contribution in [3.8, 4) is 0 Å². The molecule has 0 N–H and O–H groups in total. The van der Waals surface area contributed by atoms with Crippen LogP contribution in [0, 0.1) is 0 Å². The van der Waals surface area contributed by atoms with Crippen molar-refractivity contribution in [3.05, 3.63) is 0 Å². The standard InChI is InChI=1S/C6H10BrF3OS/c7-4-2-1-3-5-12-11-6(8,9)10/h1-5H2. The summed E-state index contributed by atoms with van der Waals surface area (Å²) in [6, 6.07) is 0. The van der Waals surface area contributed by atoms with Crippen molar-refractivity contribution in [2.24, 2.45) is 0 Å². The first kappa shape index (κ1) is 12.6. The van der Waals surface area contributed by atoms with Crippen molar-refractivity contribution in [1.82, 2.24) is 0 Å². The summed E-state index contributed by atoms with van der Waals surface area (Å²) in [4.78, 5) is 0. The van der Waals surface area contributed by atoms with Gasteiger partial charge in [0, 0.05) is 23.1 Å². The first-order valence-corrected chi connectivity index (χ1v) is 5.53. The van der Waals surface area contributed by atoms with Crippen LogP contribution >= 0.6 is 28.0 Å². The average Bonchev–Trinajstić information content (AvgIpc) is 1.94. The molecule has 0 fully saturated rings. The molecule has 0 amide bonds. The molecule has 0 saturated heterocycles. The van der Waals surface area contributed by atoms with Gasteiger partial charge in [0.1, 0.15) is 0 Å². The van der Waals surface area contributed by atoms with E-state index in [-0.39, 0.29) is 0 Å². The van der Waals surface area contributed by atoms with Gasteiger partial charge in [-0.2, -0.15) is 0 Å². The van der Waals surface area contributed by atoms with Gasteiger partial charge < -0.3 is 0 Å². The third kappa shape index (κ3) is 10.6. The molecular formula is C6H10BrF3OS. The van der Waals surface area contributed by atoms with Crippen LogP contribution in [0.4, 0.5) is 13.2 Å². The number of rotatable bonds is 6. The lowest BCUT2D eigenvalue weighted by Crippen LogP contribution is -2.08. The van der Waals surface area contributed by atoms with Crippen LogP contribution in [0.25, 0.3) is 0 Å². The molecule has 0 spiro atoms. The highest BCUT2D eigenvalue weighted by Crippen LogP contribution is 2.23. The number of alkyl halides is 4. The van der Waals surface area contributed by atoms with E-state index in [0.717, 1.165) is 24.6 Å². The molecule has 0 aromatic carbocycles. The summed E-state index contributed by atoms with van der Waals surface area (Å²) in [5.74, 6) is 0.395. The number of halogens is 4. The van der Waals surface area contributed by atoms with Gasteiger partial charge in [0.25, 0.3) is 0 Å². The van der Waals surface area contributed by atoms with E-state index in [1.165, 1.54) is 0 Å². The molecule has 0 aliphatic carbocycles. The highest BCUT2D eigenvalue weighted by Gasteiger charge is 2.29. The number of unbranched alkanes of at least 4 members (excludes halogenated alkanes) is 2. The van der Waals surface area contributed by atoms with Crippen LogP contribution in [-0.2, 0) is 4.18 Å². The van der Waals surface area contributed by atoms with E-state index in [2.05, 4.69) is 20.1 Å². The van der Waals surface area contributed by atoms with E-state index in [1.807, 2.05) is 0 Å². The van der Waals surface area contributed by atoms with Crippen LogP contribution in [0.15, 0.2) is 0 Å².